The van der Waals surface area contributed by atoms with Gasteiger partial charge in [-0.3, -0.25) is 9.59 Å². The number of rotatable bonds is 53. The molecule has 0 aliphatic rings. The van der Waals surface area contributed by atoms with E-state index in [1.807, 2.05) is 0 Å². The van der Waals surface area contributed by atoms with Gasteiger partial charge < -0.3 is 20.3 Å². The SMILES string of the molecule is CCCCC/C=C\C/C=C\CCCCCCCCCC(=O)OCCCCCCCC/C=C\CCCCCC(=O)NC(CO)C(O)CCCCCCCCCCCCCCCCCCCC. The fourth-order valence-corrected chi connectivity index (χ4v) is 8.72. The molecule has 65 heavy (non-hydrogen) atoms. The van der Waals surface area contributed by atoms with Gasteiger partial charge >= 0.3 is 5.97 Å². The Morgan fingerprint density at radius 3 is 1.23 bits per heavy atom. The Labute approximate surface area is 404 Å². The zero-order valence-electron chi connectivity index (χ0n) is 43.5. The molecule has 0 bridgehead atoms. The van der Waals surface area contributed by atoms with E-state index >= 15 is 0 Å². The van der Waals surface area contributed by atoms with Crippen molar-refractivity contribution in [1.82, 2.24) is 5.32 Å². The maximum Gasteiger partial charge on any atom is 0.305 e. The third kappa shape index (κ3) is 51.3. The summed E-state index contributed by atoms with van der Waals surface area (Å²) in [6.45, 7) is 4.89. The zero-order chi connectivity index (χ0) is 47.2. The van der Waals surface area contributed by atoms with Crippen molar-refractivity contribution in [2.45, 2.75) is 315 Å². The summed E-state index contributed by atoms with van der Waals surface area (Å²) in [6.07, 6.45) is 67.0. The molecule has 0 saturated heterocycles. The summed E-state index contributed by atoms with van der Waals surface area (Å²) in [4.78, 5) is 24.5. The molecule has 0 aliphatic heterocycles. The largest absolute Gasteiger partial charge is 0.466 e. The summed E-state index contributed by atoms with van der Waals surface area (Å²) in [5, 5.41) is 23.3. The van der Waals surface area contributed by atoms with Gasteiger partial charge in [0.2, 0.25) is 5.91 Å². The van der Waals surface area contributed by atoms with Crippen LogP contribution in [-0.4, -0.2) is 47.4 Å². The molecule has 2 unspecified atom stereocenters. The number of hydrogen-bond donors (Lipinski definition) is 3. The van der Waals surface area contributed by atoms with E-state index in [1.54, 1.807) is 0 Å². The third-order valence-corrected chi connectivity index (χ3v) is 13.2. The topological polar surface area (TPSA) is 95.9 Å². The van der Waals surface area contributed by atoms with Gasteiger partial charge in [0.1, 0.15) is 0 Å². The van der Waals surface area contributed by atoms with Crippen molar-refractivity contribution in [3.63, 3.8) is 0 Å². The molecule has 0 aromatic carbocycles. The second kappa shape index (κ2) is 54.7. The Hall–Kier alpha value is -1.92. The number of ether oxygens (including phenoxy) is 1. The summed E-state index contributed by atoms with van der Waals surface area (Å²) in [6, 6.07) is -0.563. The summed E-state index contributed by atoms with van der Waals surface area (Å²) >= 11 is 0. The second-order valence-corrected chi connectivity index (χ2v) is 19.6. The predicted molar refractivity (Wildman–Crippen MR) is 283 cm³/mol. The van der Waals surface area contributed by atoms with Crippen LogP contribution in [-0.2, 0) is 14.3 Å². The number of nitrogens with one attached hydrogen (secondary N) is 1. The van der Waals surface area contributed by atoms with Gasteiger partial charge in [0.15, 0.2) is 0 Å². The summed E-state index contributed by atoms with van der Waals surface area (Å²) in [5.74, 6) is -0.0841. The summed E-state index contributed by atoms with van der Waals surface area (Å²) in [7, 11) is 0. The number of allylic oxidation sites excluding steroid dienone is 6. The molecule has 0 radical (unpaired) electrons. The van der Waals surface area contributed by atoms with Gasteiger partial charge in [-0.25, -0.2) is 0 Å². The van der Waals surface area contributed by atoms with Gasteiger partial charge in [0.25, 0.3) is 0 Å². The average molecular weight is 915 g/mol. The lowest BCUT2D eigenvalue weighted by Gasteiger charge is -2.22. The minimum Gasteiger partial charge on any atom is -0.466 e. The molecule has 3 N–H and O–H groups in total. The maximum absolute atomic E-state index is 12.5. The van der Waals surface area contributed by atoms with E-state index in [9.17, 15) is 19.8 Å². The molecule has 0 aromatic heterocycles. The van der Waals surface area contributed by atoms with Crippen LogP contribution in [0.3, 0.4) is 0 Å². The number of carbonyl (C=O) groups is 2. The van der Waals surface area contributed by atoms with Gasteiger partial charge in [-0.05, 0) is 83.5 Å². The monoisotopic (exact) mass is 914 g/mol. The Morgan fingerprint density at radius 2 is 0.769 bits per heavy atom. The predicted octanol–water partition coefficient (Wildman–Crippen LogP) is 17.6. The number of hydrogen-bond acceptors (Lipinski definition) is 5. The van der Waals surface area contributed by atoms with E-state index in [1.165, 1.54) is 193 Å². The van der Waals surface area contributed by atoms with Gasteiger partial charge in [0.05, 0.1) is 25.4 Å². The van der Waals surface area contributed by atoms with Crippen LogP contribution in [0.5, 0.6) is 0 Å². The van der Waals surface area contributed by atoms with E-state index < -0.39 is 12.1 Å². The highest BCUT2D eigenvalue weighted by Crippen LogP contribution is 2.17. The lowest BCUT2D eigenvalue weighted by atomic mass is 10.0. The summed E-state index contributed by atoms with van der Waals surface area (Å²) < 4.78 is 5.47. The number of aliphatic hydroxyl groups excluding tert-OH is 2. The number of aliphatic hydroxyl groups is 2. The van der Waals surface area contributed by atoms with E-state index in [0.29, 0.717) is 25.9 Å². The Balaban J connectivity index is 3.50. The van der Waals surface area contributed by atoms with Crippen LogP contribution < -0.4 is 5.32 Å². The first-order chi connectivity index (χ1) is 32.0. The van der Waals surface area contributed by atoms with Gasteiger partial charge in [-0.15, -0.1) is 0 Å². The van der Waals surface area contributed by atoms with E-state index in [2.05, 4.69) is 55.6 Å². The van der Waals surface area contributed by atoms with Crippen molar-refractivity contribution in [3.8, 4) is 0 Å². The Morgan fingerprint density at radius 1 is 0.431 bits per heavy atom. The van der Waals surface area contributed by atoms with Crippen LogP contribution in [0.15, 0.2) is 36.5 Å². The number of esters is 1. The molecular formula is C59H111NO5. The maximum atomic E-state index is 12.5. The number of unbranched alkanes of at least 4 members (excludes halogenated alkanes) is 36. The minimum atomic E-state index is -0.683. The standard InChI is InChI=1S/C59H111NO5/c1-3-5-7-9-11-13-15-17-19-21-23-24-27-31-35-39-43-47-51-57(62)56(55-61)60-58(63)52-48-44-40-36-32-28-26-30-34-38-42-46-50-54-65-59(64)53-49-45-41-37-33-29-25-22-20-18-16-14-12-10-8-6-4-2/h12,14,18,20,28,32,56-57,61-62H,3-11,13,15-17,19,21-27,29-31,33-55H2,1-2H3,(H,60,63)/b14-12-,20-18-,32-28-. The highest BCUT2D eigenvalue weighted by atomic mass is 16.5. The van der Waals surface area contributed by atoms with Crippen LogP contribution in [0, 0.1) is 0 Å². The van der Waals surface area contributed by atoms with Crippen molar-refractivity contribution in [2.75, 3.05) is 13.2 Å². The molecule has 6 heteroatoms. The van der Waals surface area contributed by atoms with Crippen LogP contribution in [0.25, 0.3) is 0 Å². The average Bonchev–Trinajstić information content (AvgIpc) is 3.31. The normalized spacial score (nSPS) is 12.9. The first-order valence-corrected chi connectivity index (χ1v) is 28.7. The molecule has 0 heterocycles. The molecule has 0 aliphatic carbocycles. The molecule has 2 atom stereocenters. The lowest BCUT2D eigenvalue weighted by Crippen LogP contribution is -2.45. The van der Waals surface area contributed by atoms with Crippen LogP contribution in [0.4, 0.5) is 0 Å². The first-order valence-electron chi connectivity index (χ1n) is 28.7. The van der Waals surface area contributed by atoms with E-state index in [-0.39, 0.29) is 18.5 Å². The molecule has 0 aromatic rings. The first kappa shape index (κ1) is 63.1. The van der Waals surface area contributed by atoms with Crippen molar-refractivity contribution in [3.05, 3.63) is 36.5 Å². The molecule has 0 fully saturated rings. The molecule has 382 valence electrons. The molecule has 0 spiro atoms. The smallest absolute Gasteiger partial charge is 0.305 e. The van der Waals surface area contributed by atoms with Crippen LogP contribution in [0.2, 0.25) is 0 Å². The fourth-order valence-electron chi connectivity index (χ4n) is 8.72. The molecular weight excluding hydrogens is 803 g/mol. The Bertz CT molecular complexity index is 1060. The van der Waals surface area contributed by atoms with Gasteiger partial charge in [0, 0.05) is 12.8 Å². The second-order valence-electron chi connectivity index (χ2n) is 19.6. The Kier molecular flexibility index (Phi) is 53.1. The van der Waals surface area contributed by atoms with Gasteiger partial charge in [-0.1, -0.05) is 243 Å². The highest BCUT2D eigenvalue weighted by Gasteiger charge is 2.20. The van der Waals surface area contributed by atoms with E-state index in [0.717, 1.165) is 77.0 Å². The fraction of sp³-hybridized carbons (Fsp3) is 0.864. The number of amides is 1. The lowest BCUT2D eigenvalue weighted by molar-refractivity contribution is -0.143. The molecule has 6 nitrogen and oxygen atoms in total. The molecule has 0 rings (SSSR count). The number of carbonyl (C=O) groups excluding carboxylic acids is 2. The van der Waals surface area contributed by atoms with Crippen LogP contribution >= 0.6 is 0 Å². The van der Waals surface area contributed by atoms with Gasteiger partial charge in [-0.2, -0.15) is 0 Å². The highest BCUT2D eigenvalue weighted by molar-refractivity contribution is 5.76. The van der Waals surface area contributed by atoms with Crippen LogP contribution in [0.1, 0.15) is 303 Å². The molecule has 0 saturated carbocycles. The van der Waals surface area contributed by atoms with Crippen molar-refractivity contribution < 1.29 is 24.5 Å². The zero-order valence-corrected chi connectivity index (χ0v) is 43.5. The minimum absolute atomic E-state index is 0.0202. The van der Waals surface area contributed by atoms with Crippen molar-refractivity contribution in [2.24, 2.45) is 0 Å². The van der Waals surface area contributed by atoms with E-state index in [4.69, 9.17) is 4.74 Å². The third-order valence-electron chi connectivity index (χ3n) is 13.2. The molecule has 1 amide bonds. The van der Waals surface area contributed by atoms with Crippen molar-refractivity contribution in [1.29, 1.82) is 0 Å². The quantitative estimate of drug-likeness (QED) is 0.0321. The summed E-state index contributed by atoms with van der Waals surface area (Å²) in [5.41, 5.74) is 0. The van der Waals surface area contributed by atoms with Crippen molar-refractivity contribution >= 4 is 11.9 Å².